The molecular weight excluding hydrogens is 250 g/mol. The fourth-order valence-corrected chi connectivity index (χ4v) is 2.63. The van der Waals surface area contributed by atoms with E-state index in [1.54, 1.807) is 6.20 Å². The van der Waals surface area contributed by atoms with Crippen molar-refractivity contribution in [3.05, 3.63) is 53.3 Å². The minimum absolute atomic E-state index is 0.314. The molecule has 0 fully saturated rings. The van der Waals surface area contributed by atoms with E-state index in [1.165, 1.54) is 11.1 Å². The molecule has 2 aromatic rings. The summed E-state index contributed by atoms with van der Waals surface area (Å²) in [5, 5.41) is 11.6. The van der Waals surface area contributed by atoms with Gasteiger partial charge in [0.25, 0.3) is 0 Å². The third-order valence-corrected chi connectivity index (χ3v) is 3.66. The molecule has 2 heterocycles. The molecule has 1 aliphatic rings. The number of para-hydroxylation sites is 1. The van der Waals surface area contributed by atoms with E-state index in [9.17, 15) is 0 Å². The second-order valence-corrected chi connectivity index (χ2v) is 5.13. The molecule has 0 amide bonds. The van der Waals surface area contributed by atoms with Gasteiger partial charge in [0, 0.05) is 24.3 Å². The van der Waals surface area contributed by atoms with Crippen LogP contribution in [0.5, 0.6) is 5.75 Å². The molecule has 20 heavy (non-hydrogen) atoms. The molecule has 4 nitrogen and oxygen atoms in total. The highest BCUT2D eigenvalue weighted by atomic mass is 16.5. The molecular formula is C16H19N3O. The van der Waals surface area contributed by atoms with Gasteiger partial charge in [-0.25, -0.2) is 0 Å². The van der Waals surface area contributed by atoms with Gasteiger partial charge in [0.1, 0.15) is 5.75 Å². The highest BCUT2D eigenvalue weighted by molar-refractivity contribution is 5.43. The van der Waals surface area contributed by atoms with Crippen molar-refractivity contribution < 1.29 is 4.74 Å². The minimum atomic E-state index is 0.314. The first kappa shape index (κ1) is 13.1. The summed E-state index contributed by atoms with van der Waals surface area (Å²) in [5.41, 5.74) is 3.42. The van der Waals surface area contributed by atoms with E-state index in [0.717, 1.165) is 37.4 Å². The van der Waals surface area contributed by atoms with Gasteiger partial charge < -0.3 is 10.1 Å². The molecule has 0 aliphatic carbocycles. The van der Waals surface area contributed by atoms with Crippen LogP contribution in [0, 0.1) is 6.92 Å². The number of ether oxygens (including phenoxy) is 1. The van der Waals surface area contributed by atoms with Gasteiger partial charge in [0.05, 0.1) is 12.3 Å². The number of fused-ring (bicyclic) bond motifs is 1. The smallest absolute Gasteiger partial charge is 0.126 e. The van der Waals surface area contributed by atoms with E-state index in [0.29, 0.717) is 6.04 Å². The maximum atomic E-state index is 5.89. The summed E-state index contributed by atoms with van der Waals surface area (Å²) in [6.45, 7) is 3.62. The summed E-state index contributed by atoms with van der Waals surface area (Å²) in [6, 6.07) is 10.6. The van der Waals surface area contributed by atoms with Gasteiger partial charge in [0.2, 0.25) is 0 Å². The topological polar surface area (TPSA) is 47.0 Å². The molecule has 1 atom stereocenters. The fourth-order valence-electron chi connectivity index (χ4n) is 2.63. The van der Waals surface area contributed by atoms with Gasteiger partial charge in [-0.05, 0) is 37.5 Å². The number of rotatable bonds is 3. The molecule has 0 radical (unpaired) electrons. The molecule has 1 aliphatic heterocycles. The Morgan fingerprint density at radius 2 is 2.25 bits per heavy atom. The predicted molar refractivity (Wildman–Crippen MR) is 77.5 cm³/mol. The summed E-state index contributed by atoms with van der Waals surface area (Å²) >= 11 is 0. The van der Waals surface area contributed by atoms with E-state index in [1.807, 2.05) is 12.1 Å². The van der Waals surface area contributed by atoms with Crippen LogP contribution >= 0.6 is 0 Å². The van der Waals surface area contributed by atoms with E-state index in [2.05, 4.69) is 40.6 Å². The average Bonchev–Trinajstić information content (AvgIpc) is 2.70. The molecule has 104 valence electrons. The zero-order valence-electron chi connectivity index (χ0n) is 11.7. The van der Waals surface area contributed by atoms with Gasteiger partial charge >= 0.3 is 0 Å². The first-order chi connectivity index (χ1) is 9.84. The summed E-state index contributed by atoms with van der Waals surface area (Å²) in [4.78, 5) is 0. The van der Waals surface area contributed by atoms with Crippen molar-refractivity contribution in [1.82, 2.24) is 15.5 Å². The zero-order valence-corrected chi connectivity index (χ0v) is 11.7. The highest BCUT2D eigenvalue weighted by Crippen LogP contribution is 2.34. The van der Waals surface area contributed by atoms with Gasteiger partial charge in [-0.1, -0.05) is 18.2 Å². The van der Waals surface area contributed by atoms with Crippen molar-refractivity contribution in [2.24, 2.45) is 0 Å². The van der Waals surface area contributed by atoms with E-state index in [4.69, 9.17) is 4.74 Å². The Hall–Kier alpha value is -1.94. The van der Waals surface area contributed by atoms with Crippen LogP contribution in [0.1, 0.15) is 35.7 Å². The Bertz CT molecular complexity index is 571. The third kappa shape index (κ3) is 2.80. The second kappa shape index (κ2) is 6.01. The summed E-state index contributed by atoms with van der Waals surface area (Å²) in [7, 11) is 0. The van der Waals surface area contributed by atoms with E-state index in [-0.39, 0.29) is 0 Å². The molecule has 1 aromatic carbocycles. The largest absolute Gasteiger partial charge is 0.493 e. The van der Waals surface area contributed by atoms with Crippen molar-refractivity contribution >= 4 is 0 Å². The van der Waals surface area contributed by atoms with Gasteiger partial charge in [-0.2, -0.15) is 10.2 Å². The van der Waals surface area contributed by atoms with Crippen LogP contribution in [0.15, 0.2) is 36.5 Å². The van der Waals surface area contributed by atoms with Gasteiger partial charge in [-0.3, -0.25) is 0 Å². The highest BCUT2D eigenvalue weighted by Gasteiger charge is 2.20. The molecule has 3 rings (SSSR count). The Morgan fingerprint density at radius 1 is 1.30 bits per heavy atom. The van der Waals surface area contributed by atoms with Gasteiger partial charge in [0.15, 0.2) is 0 Å². The Kier molecular flexibility index (Phi) is 3.92. The normalized spacial score (nSPS) is 17.9. The number of benzene rings is 1. The number of hydrogen-bond acceptors (Lipinski definition) is 4. The van der Waals surface area contributed by atoms with Crippen LogP contribution in [0.2, 0.25) is 0 Å². The van der Waals surface area contributed by atoms with Crippen LogP contribution in [-0.2, 0) is 6.54 Å². The molecule has 1 aromatic heterocycles. The lowest BCUT2D eigenvalue weighted by Gasteiger charge is -2.19. The third-order valence-electron chi connectivity index (χ3n) is 3.66. The summed E-state index contributed by atoms with van der Waals surface area (Å²) in [6.07, 6.45) is 3.84. The summed E-state index contributed by atoms with van der Waals surface area (Å²) < 4.78 is 5.89. The first-order valence-corrected chi connectivity index (χ1v) is 7.07. The lowest BCUT2D eigenvalue weighted by Crippen LogP contribution is -2.21. The SMILES string of the molecule is Cc1cccc2c1OCCCC2NCc1cccnn1. The van der Waals surface area contributed by atoms with Crippen molar-refractivity contribution in [1.29, 1.82) is 0 Å². The molecule has 1 N–H and O–H groups in total. The predicted octanol–water partition coefficient (Wildman–Crippen LogP) is 2.79. The Balaban J connectivity index is 1.78. The maximum Gasteiger partial charge on any atom is 0.126 e. The average molecular weight is 269 g/mol. The second-order valence-electron chi connectivity index (χ2n) is 5.13. The monoisotopic (exact) mass is 269 g/mol. The van der Waals surface area contributed by atoms with Crippen molar-refractivity contribution in [3.8, 4) is 5.75 Å². The van der Waals surface area contributed by atoms with E-state index < -0.39 is 0 Å². The minimum Gasteiger partial charge on any atom is -0.493 e. The Labute approximate surface area is 119 Å². The first-order valence-electron chi connectivity index (χ1n) is 7.07. The molecule has 0 bridgehead atoms. The standard InChI is InChI=1S/C16H19N3O/c1-12-5-2-7-14-15(8-4-10-20-16(12)14)17-11-13-6-3-9-18-19-13/h2-3,5-7,9,15,17H,4,8,10-11H2,1H3. The van der Waals surface area contributed by atoms with Gasteiger partial charge in [-0.15, -0.1) is 0 Å². The van der Waals surface area contributed by atoms with Crippen LogP contribution in [0.4, 0.5) is 0 Å². The molecule has 0 saturated carbocycles. The number of hydrogen-bond donors (Lipinski definition) is 1. The van der Waals surface area contributed by atoms with Crippen LogP contribution in [0.3, 0.4) is 0 Å². The maximum absolute atomic E-state index is 5.89. The number of nitrogens with zero attached hydrogens (tertiary/aromatic N) is 2. The molecule has 0 spiro atoms. The lowest BCUT2D eigenvalue weighted by atomic mass is 10.00. The molecule has 4 heteroatoms. The van der Waals surface area contributed by atoms with Crippen LogP contribution < -0.4 is 10.1 Å². The quantitative estimate of drug-likeness (QED) is 0.930. The van der Waals surface area contributed by atoms with Crippen molar-refractivity contribution in [2.45, 2.75) is 32.4 Å². The summed E-state index contributed by atoms with van der Waals surface area (Å²) in [5.74, 6) is 1.04. The van der Waals surface area contributed by atoms with Crippen LogP contribution in [-0.4, -0.2) is 16.8 Å². The lowest BCUT2D eigenvalue weighted by molar-refractivity contribution is 0.313. The van der Waals surface area contributed by atoms with Crippen molar-refractivity contribution in [3.63, 3.8) is 0 Å². The number of nitrogens with one attached hydrogen (secondary N) is 1. The zero-order chi connectivity index (χ0) is 13.8. The van der Waals surface area contributed by atoms with E-state index >= 15 is 0 Å². The van der Waals surface area contributed by atoms with Crippen LogP contribution in [0.25, 0.3) is 0 Å². The molecule has 0 saturated heterocycles. The Morgan fingerprint density at radius 3 is 3.10 bits per heavy atom. The fraction of sp³-hybridized carbons (Fsp3) is 0.375. The number of aryl methyl sites for hydroxylation is 1. The molecule has 1 unspecified atom stereocenters. The number of aromatic nitrogens is 2. The van der Waals surface area contributed by atoms with Crippen molar-refractivity contribution in [2.75, 3.05) is 6.61 Å².